The van der Waals surface area contributed by atoms with E-state index < -0.39 is 0 Å². The average Bonchev–Trinajstić information content (AvgIpc) is 3.29. The summed E-state index contributed by atoms with van der Waals surface area (Å²) < 4.78 is 56.4. The van der Waals surface area contributed by atoms with Gasteiger partial charge in [-0.3, -0.25) is 0 Å². The van der Waals surface area contributed by atoms with E-state index in [4.69, 9.17) is 48.8 Å². The molecule has 22 nitrogen and oxygen atoms in total. The molecule has 2 fully saturated rings. The van der Waals surface area contributed by atoms with Gasteiger partial charge in [-0.15, -0.1) is 15.3 Å². The molecule has 14 rings (SSSR count). The third kappa shape index (κ3) is 15.6. The largest absolute Gasteiger partial charge is 0.395 e. The summed E-state index contributed by atoms with van der Waals surface area (Å²) in [5.41, 5.74) is 5.46. The van der Waals surface area contributed by atoms with Crippen LogP contribution in [0, 0.1) is 17.5 Å². The van der Waals surface area contributed by atoms with Crippen molar-refractivity contribution in [1.82, 2.24) is 77.8 Å². The summed E-state index contributed by atoms with van der Waals surface area (Å²) in [4.78, 5) is 27.5. The second-order valence-electron chi connectivity index (χ2n) is 18.9. The van der Waals surface area contributed by atoms with E-state index in [1.165, 1.54) is 42.8 Å². The number of hydrogen-bond acceptors (Lipinski definition) is 16. The predicted octanol–water partition coefficient (Wildman–Crippen LogP) is 6.45. The maximum absolute atomic E-state index is 13.5. The molecule has 440 valence electrons. The third-order valence-electron chi connectivity index (χ3n) is 13.1. The van der Waals surface area contributed by atoms with Crippen LogP contribution in [0.4, 0.5) is 42.4 Å². The van der Waals surface area contributed by atoms with Crippen LogP contribution < -0.4 is 46.3 Å². The van der Waals surface area contributed by atoms with Gasteiger partial charge in [-0.05, 0) is 128 Å². The summed E-state index contributed by atoms with van der Waals surface area (Å²) in [7, 11) is 0. The minimum absolute atomic E-state index is 0.0306. The Morgan fingerprint density at radius 3 is 1.62 bits per heavy atom. The average molecular weight is 1330 g/mol. The molecule has 85 heavy (non-hydrogen) atoms. The molecule has 0 spiro atoms. The number of imidazole rings is 3. The number of halogens is 7. The van der Waals surface area contributed by atoms with Crippen molar-refractivity contribution in [1.29, 1.82) is 0 Å². The van der Waals surface area contributed by atoms with Crippen molar-refractivity contribution < 1.29 is 44.9 Å². The van der Waals surface area contributed by atoms with Gasteiger partial charge in [-0.25, -0.2) is 37.3 Å². The Bertz CT molecular complexity index is 4130. The number of aliphatic hydroxyl groups excluding tert-OH is 2. The van der Waals surface area contributed by atoms with Crippen LogP contribution in [0.5, 0.6) is 0 Å². The standard InChI is InChI=1S/C20H20FN7O.C15H10ClFN6.C10H10FIN3.C6H3Cl2N3.C5H11NO/c21-14-4-1-5-15(10-14)26-11-18(22-13-26)23-19-17-7-3-9-28(17)25-20(24-19)27-8-2-6-16(27)12-29;16-15-20-14(12-5-2-6-23(12)21-15)19-13-8-22(9-18-13)11-4-1-3-10(17)7-11;11-8-2-1-3-10(4-8)15-6-9(5-12-13)14-7-15;7-5-4-2-1-3-11(4)10-6(8)9-5;7-4-5-2-1-3-6-5/h1,3-5,7,9-11,13,16,29H,2,6,8,12H2,(H,23,24,25);1-9H,(H,19,20,21);1-4,6-7H,5,13H2;1-3H;5-7H,1-4H2/q;;-1;;/t16-;;;;5-/m0...0/s1. The molecule has 3 aromatic carbocycles. The normalized spacial score (nSPS) is 14.5. The Hall–Kier alpha value is -8.22. The number of benzene rings is 3. The molecule has 0 unspecified atom stereocenters. The van der Waals surface area contributed by atoms with Gasteiger partial charge in [0.25, 0.3) is 0 Å². The van der Waals surface area contributed by atoms with Gasteiger partial charge in [0.2, 0.25) is 16.5 Å². The molecular weight excluding hydrogens is 1280 g/mol. The Morgan fingerprint density at radius 2 is 1.11 bits per heavy atom. The number of aromatic nitrogens is 15. The molecule has 0 aliphatic carbocycles. The molecule has 9 aromatic heterocycles. The molecule has 2 atom stereocenters. The van der Waals surface area contributed by atoms with Crippen LogP contribution >= 0.6 is 34.8 Å². The SMILES string of the molecule is Clc1nc(Cl)c2cccn2n1.Fc1cccc(-n2cnc(Nc3nc(Cl)nn4cccc34)c2)c1.N[I-]Cc1cn(-c2cccc(F)c2)cn1.OC[C@@H]1CCCN1.OC[C@@H]1CCCN1c1nc(Nc2cn(-c3cccc(F)c3)cn2)c2cccn2n1. The Morgan fingerprint density at radius 1 is 0.588 bits per heavy atom. The van der Waals surface area contributed by atoms with Gasteiger partial charge in [0.1, 0.15) is 52.5 Å². The molecule has 12 aromatic rings. The first-order valence-corrected chi connectivity index (χ1v) is 30.3. The van der Waals surface area contributed by atoms with E-state index in [-0.39, 0.29) is 62.1 Å². The van der Waals surface area contributed by atoms with E-state index >= 15 is 0 Å². The van der Waals surface area contributed by atoms with Gasteiger partial charge in [-0.1, -0.05) is 23.7 Å². The summed E-state index contributed by atoms with van der Waals surface area (Å²) in [6.07, 6.45) is 20.0. The van der Waals surface area contributed by atoms with Crippen LogP contribution in [0.2, 0.25) is 15.7 Å². The molecule has 0 saturated carbocycles. The molecule has 2 saturated heterocycles. The van der Waals surface area contributed by atoms with Crippen LogP contribution in [0.15, 0.2) is 165 Å². The summed E-state index contributed by atoms with van der Waals surface area (Å²) in [5, 5.41) is 40.8. The second kappa shape index (κ2) is 28.6. The third-order valence-corrected chi connectivity index (χ3v) is 14.9. The monoisotopic (exact) mass is 1330 g/mol. The maximum atomic E-state index is 13.5. The van der Waals surface area contributed by atoms with E-state index in [0.717, 1.165) is 64.7 Å². The minimum Gasteiger partial charge on any atom is -0.395 e. The fourth-order valence-electron chi connectivity index (χ4n) is 9.07. The van der Waals surface area contributed by atoms with Crippen molar-refractivity contribution in [3.63, 3.8) is 0 Å². The molecule has 0 bridgehead atoms. The quantitative estimate of drug-likeness (QED) is 0.0437. The Kier molecular flexibility index (Phi) is 20.1. The number of nitrogens with zero attached hydrogens (tertiary/aromatic N) is 16. The Labute approximate surface area is 509 Å². The van der Waals surface area contributed by atoms with E-state index in [0.29, 0.717) is 58.4 Å². The van der Waals surface area contributed by atoms with Gasteiger partial charge >= 0.3 is 97.8 Å². The predicted molar refractivity (Wildman–Crippen MR) is 315 cm³/mol. The molecule has 11 heterocycles. The number of nitrogens with two attached hydrogens (primary N) is 1. The number of alkyl halides is 1. The minimum atomic E-state index is -0.303. The molecule has 2 aliphatic heterocycles. The van der Waals surface area contributed by atoms with E-state index in [1.807, 2.05) is 65.8 Å². The second-order valence-corrected chi connectivity index (χ2v) is 21.6. The van der Waals surface area contributed by atoms with Crippen LogP contribution in [0.1, 0.15) is 31.4 Å². The number of fused-ring (bicyclic) bond motifs is 3. The maximum Gasteiger partial charge on any atom is 0.245 e. The summed E-state index contributed by atoms with van der Waals surface area (Å²) in [5.74, 6) is 2.03. The molecular formula is C56H54Cl3F3IN20O2-. The van der Waals surface area contributed by atoms with Gasteiger partial charge in [0.15, 0.2) is 16.8 Å². The Balaban J connectivity index is 0.000000127. The molecule has 0 amide bonds. The van der Waals surface area contributed by atoms with Crippen molar-refractivity contribution in [2.24, 2.45) is 3.95 Å². The fourth-order valence-corrected chi connectivity index (χ4v) is 10.5. The summed E-state index contributed by atoms with van der Waals surface area (Å²) in [6, 6.07) is 30.6. The summed E-state index contributed by atoms with van der Waals surface area (Å²) in [6.45, 7) is 2.28. The van der Waals surface area contributed by atoms with Crippen LogP contribution in [0.25, 0.3) is 33.6 Å². The molecule has 0 radical (unpaired) electrons. The van der Waals surface area contributed by atoms with Gasteiger partial charge in [0, 0.05) is 42.6 Å². The van der Waals surface area contributed by atoms with Crippen molar-refractivity contribution in [3.05, 3.63) is 204 Å². The molecule has 2 aliphatic rings. The zero-order chi connectivity index (χ0) is 59.2. The fraction of sp³-hybridized carbons (Fsp3) is 0.196. The van der Waals surface area contributed by atoms with Crippen LogP contribution in [-0.4, -0.2) is 121 Å². The zero-order valence-corrected chi connectivity index (χ0v) is 49.3. The van der Waals surface area contributed by atoms with Crippen LogP contribution in [-0.2, 0) is 4.43 Å². The zero-order valence-electron chi connectivity index (χ0n) is 44.9. The number of rotatable bonds is 12. The molecule has 29 heteroatoms. The first kappa shape index (κ1) is 59.9. The van der Waals surface area contributed by atoms with Gasteiger partial charge < -0.3 is 40.2 Å². The van der Waals surface area contributed by atoms with Crippen molar-refractivity contribution in [3.8, 4) is 17.1 Å². The van der Waals surface area contributed by atoms with E-state index in [1.54, 1.807) is 95.3 Å². The van der Waals surface area contributed by atoms with E-state index in [2.05, 4.69) is 56.2 Å². The smallest absolute Gasteiger partial charge is 0.245 e. The van der Waals surface area contributed by atoms with E-state index in [9.17, 15) is 18.3 Å². The van der Waals surface area contributed by atoms with Crippen molar-refractivity contribution >= 4 is 80.6 Å². The van der Waals surface area contributed by atoms with Gasteiger partial charge in [0.05, 0.1) is 31.6 Å². The summed E-state index contributed by atoms with van der Waals surface area (Å²) >= 11 is 16.9. The van der Waals surface area contributed by atoms with Crippen molar-refractivity contribution in [2.45, 2.75) is 42.2 Å². The number of aliphatic hydroxyl groups is 2. The first-order valence-electron chi connectivity index (χ1n) is 26.3. The number of hydrogen-bond donors (Lipinski definition) is 6. The topological polar surface area (TPSA) is 250 Å². The van der Waals surface area contributed by atoms with Gasteiger partial charge in [-0.2, -0.15) is 9.97 Å². The van der Waals surface area contributed by atoms with Crippen molar-refractivity contribution in [2.75, 3.05) is 41.8 Å². The number of nitrogens with one attached hydrogen (secondary N) is 3. The number of anilines is 5. The van der Waals surface area contributed by atoms with Crippen LogP contribution in [0.3, 0.4) is 0 Å². The first-order chi connectivity index (χ1) is 41.4. The molecule has 7 N–H and O–H groups in total.